The second-order valence-electron chi connectivity index (χ2n) is 7.56. The molecule has 140 valence electrons. The zero-order valence-corrected chi connectivity index (χ0v) is 15.6. The molecule has 1 aromatic heterocycles. The first-order valence-corrected chi connectivity index (χ1v) is 9.56. The van der Waals surface area contributed by atoms with Gasteiger partial charge in [-0.3, -0.25) is 0 Å². The maximum absolute atomic E-state index is 12.0. The second-order valence-corrected chi connectivity index (χ2v) is 7.56. The average molecular weight is 366 g/mol. The molecule has 3 N–H and O–H groups in total. The van der Waals surface area contributed by atoms with E-state index in [1.165, 1.54) is 10.5 Å². The minimum Gasteiger partial charge on any atom is -0.508 e. The van der Waals surface area contributed by atoms with Gasteiger partial charge >= 0.3 is 5.63 Å². The van der Waals surface area contributed by atoms with Gasteiger partial charge in [-0.1, -0.05) is 30.3 Å². The number of hydrogen-bond acceptors (Lipinski definition) is 3. The van der Waals surface area contributed by atoms with Crippen molar-refractivity contribution in [1.82, 2.24) is 0 Å². The van der Waals surface area contributed by atoms with Gasteiger partial charge < -0.3 is 19.3 Å². The van der Waals surface area contributed by atoms with Crippen LogP contribution in [0.15, 0.2) is 57.7 Å². The summed E-state index contributed by atoms with van der Waals surface area (Å²) in [6, 6.07) is 15.7. The number of benzene rings is 2. The number of nitrogens with one attached hydrogen (secondary N) is 2. The highest BCUT2D eigenvalue weighted by atomic mass is 16.4. The van der Waals surface area contributed by atoms with Crippen molar-refractivity contribution >= 4 is 11.0 Å². The minimum absolute atomic E-state index is 0.240. The van der Waals surface area contributed by atoms with E-state index < -0.39 is 0 Å². The van der Waals surface area contributed by atoms with E-state index in [2.05, 4.69) is 30.3 Å². The molecule has 5 nitrogen and oxygen atoms in total. The molecule has 2 aromatic carbocycles. The van der Waals surface area contributed by atoms with Gasteiger partial charge in [0.1, 0.15) is 50.6 Å². The molecule has 0 bridgehead atoms. The number of phenols is 1. The van der Waals surface area contributed by atoms with Crippen molar-refractivity contribution in [2.45, 2.75) is 20.0 Å². The van der Waals surface area contributed by atoms with Gasteiger partial charge in [0.05, 0.1) is 0 Å². The Morgan fingerprint density at radius 2 is 1.63 bits per heavy atom. The molecule has 0 atom stereocenters. The number of aromatic hydroxyl groups is 1. The first kappa shape index (κ1) is 17.8. The number of piperazine rings is 1. The Morgan fingerprint density at radius 1 is 0.963 bits per heavy atom. The summed E-state index contributed by atoms with van der Waals surface area (Å²) in [5.41, 5.74) is 3.29. The van der Waals surface area contributed by atoms with Crippen LogP contribution in [0.5, 0.6) is 5.75 Å². The van der Waals surface area contributed by atoms with Gasteiger partial charge in [-0.15, -0.1) is 0 Å². The quantitative estimate of drug-likeness (QED) is 0.582. The van der Waals surface area contributed by atoms with Crippen LogP contribution < -0.4 is 15.4 Å². The third-order valence-corrected chi connectivity index (χ3v) is 5.55. The number of phenolic OH excluding ortho intramolecular Hbond substituents is 1. The fourth-order valence-corrected chi connectivity index (χ4v) is 3.97. The first-order chi connectivity index (χ1) is 13.1. The number of fused-ring (bicyclic) bond motifs is 1. The Balaban J connectivity index is 1.46. The average Bonchev–Trinajstić information content (AvgIpc) is 2.66. The van der Waals surface area contributed by atoms with E-state index in [-0.39, 0.29) is 11.4 Å². The van der Waals surface area contributed by atoms with Gasteiger partial charge in [0.15, 0.2) is 0 Å². The van der Waals surface area contributed by atoms with E-state index in [0.717, 1.165) is 50.2 Å². The molecule has 27 heavy (non-hydrogen) atoms. The predicted octanol–water partition coefficient (Wildman–Crippen LogP) is 0.291. The monoisotopic (exact) mass is 366 g/mol. The Hall–Kier alpha value is -2.63. The molecule has 0 spiro atoms. The standard InChI is InChI=1S/C22H24N2O3/c1-16-11-21-19(13-20(16)25)18(12-22(26)27-21)15-24-9-7-23(8-10-24)14-17-5-3-2-4-6-17/h2-6,11-13,25H,7-10,14-15H2,1H3/p+2. The summed E-state index contributed by atoms with van der Waals surface area (Å²) in [7, 11) is 0. The summed E-state index contributed by atoms with van der Waals surface area (Å²) >= 11 is 0. The smallest absolute Gasteiger partial charge is 0.336 e. The molecule has 5 heteroatoms. The Labute approximate surface area is 158 Å². The van der Waals surface area contributed by atoms with Gasteiger partial charge in [0, 0.05) is 22.6 Å². The van der Waals surface area contributed by atoms with Gasteiger partial charge in [0.25, 0.3) is 0 Å². The van der Waals surface area contributed by atoms with Crippen LogP contribution in [0.25, 0.3) is 11.0 Å². The molecular weight excluding hydrogens is 340 g/mol. The van der Waals surface area contributed by atoms with Crippen LogP contribution in [0, 0.1) is 6.92 Å². The molecule has 2 heterocycles. The zero-order chi connectivity index (χ0) is 18.8. The van der Waals surface area contributed by atoms with Crippen LogP contribution in [0.1, 0.15) is 16.7 Å². The van der Waals surface area contributed by atoms with E-state index in [4.69, 9.17) is 4.42 Å². The SMILES string of the molecule is Cc1cc2oc(=O)cc(C[NH+]3CC[NH+](Cc4ccccc4)CC3)c2cc1O. The van der Waals surface area contributed by atoms with Crippen molar-refractivity contribution in [2.75, 3.05) is 26.2 Å². The zero-order valence-electron chi connectivity index (χ0n) is 15.6. The van der Waals surface area contributed by atoms with Crippen molar-refractivity contribution in [3.05, 3.63) is 75.6 Å². The van der Waals surface area contributed by atoms with Crippen LogP contribution >= 0.6 is 0 Å². The Kier molecular flexibility index (Phi) is 4.97. The second kappa shape index (κ2) is 7.55. The molecule has 1 aliphatic heterocycles. The van der Waals surface area contributed by atoms with E-state index >= 15 is 0 Å². The summed E-state index contributed by atoms with van der Waals surface area (Å²) in [6.45, 7) is 8.04. The van der Waals surface area contributed by atoms with Gasteiger partial charge in [-0.2, -0.15) is 0 Å². The molecule has 0 saturated carbocycles. The van der Waals surface area contributed by atoms with Crippen LogP contribution in [-0.2, 0) is 13.1 Å². The molecule has 1 fully saturated rings. The molecule has 0 radical (unpaired) electrons. The van der Waals surface area contributed by atoms with Crippen LogP contribution in [0.4, 0.5) is 0 Å². The number of rotatable bonds is 4. The minimum atomic E-state index is -0.324. The number of hydrogen-bond donors (Lipinski definition) is 3. The molecule has 0 unspecified atom stereocenters. The highest BCUT2D eigenvalue weighted by Gasteiger charge is 2.24. The molecule has 0 amide bonds. The molecule has 0 aliphatic carbocycles. The largest absolute Gasteiger partial charge is 0.508 e. The molecule has 1 saturated heterocycles. The first-order valence-electron chi connectivity index (χ1n) is 9.56. The summed E-state index contributed by atoms with van der Waals surface area (Å²) < 4.78 is 5.33. The lowest BCUT2D eigenvalue weighted by Crippen LogP contribution is -3.27. The highest BCUT2D eigenvalue weighted by Crippen LogP contribution is 2.25. The van der Waals surface area contributed by atoms with Crippen molar-refractivity contribution in [3.8, 4) is 5.75 Å². The molecule has 4 rings (SSSR count). The fraction of sp³-hybridized carbons (Fsp3) is 0.318. The van der Waals surface area contributed by atoms with Crippen molar-refractivity contribution in [3.63, 3.8) is 0 Å². The lowest BCUT2D eigenvalue weighted by Gasteiger charge is -2.30. The van der Waals surface area contributed by atoms with E-state index in [1.807, 2.05) is 0 Å². The van der Waals surface area contributed by atoms with Gasteiger partial charge in [-0.05, 0) is 24.6 Å². The fourth-order valence-electron chi connectivity index (χ4n) is 3.97. The van der Waals surface area contributed by atoms with Crippen LogP contribution in [0.3, 0.4) is 0 Å². The number of quaternary nitrogens is 2. The van der Waals surface area contributed by atoms with Gasteiger partial charge in [-0.25, -0.2) is 4.79 Å². The third-order valence-electron chi connectivity index (χ3n) is 5.55. The molecule has 3 aromatic rings. The summed E-state index contributed by atoms with van der Waals surface area (Å²) in [5.74, 6) is 0.240. The predicted molar refractivity (Wildman–Crippen MR) is 104 cm³/mol. The Morgan fingerprint density at radius 3 is 2.33 bits per heavy atom. The molecule has 1 aliphatic rings. The number of aryl methyl sites for hydroxylation is 1. The summed E-state index contributed by atoms with van der Waals surface area (Å²) in [6.07, 6.45) is 0. The van der Waals surface area contributed by atoms with E-state index in [1.54, 1.807) is 30.0 Å². The lowest BCUT2D eigenvalue weighted by atomic mass is 10.1. The van der Waals surface area contributed by atoms with Crippen molar-refractivity contribution in [2.24, 2.45) is 0 Å². The van der Waals surface area contributed by atoms with Crippen molar-refractivity contribution < 1.29 is 19.3 Å². The van der Waals surface area contributed by atoms with Gasteiger partial charge in [0.2, 0.25) is 0 Å². The van der Waals surface area contributed by atoms with Crippen molar-refractivity contribution in [1.29, 1.82) is 0 Å². The molecular formula is C22H26N2O3+2. The lowest BCUT2D eigenvalue weighted by molar-refractivity contribution is -1.02. The van der Waals surface area contributed by atoms with Crippen LogP contribution in [-0.4, -0.2) is 31.3 Å². The third kappa shape index (κ3) is 4.04. The summed E-state index contributed by atoms with van der Waals surface area (Å²) in [4.78, 5) is 15.0. The van der Waals surface area contributed by atoms with Crippen LogP contribution in [0.2, 0.25) is 0 Å². The normalized spacial score (nSPS) is 20.0. The summed E-state index contributed by atoms with van der Waals surface area (Å²) in [5, 5.41) is 10.9. The maximum atomic E-state index is 12.0. The Bertz CT molecular complexity index is 990. The highest BCUT2D eigenvalue weighted by molar-refractivity contribution is 5.82. The van der Waals surface area contributed by atoms with E-state index in [0.29, 0.717) is 11.1 Å². The maximum Gasteiger partial charge on any atom is 0.336 e. The topological polar surface area (TPSA) is 59.3 Å². The van der Waals surface area contributed by atoms with E-state index in [9.17, 15) is 9.90 Å².